The van der Waals surface area contributed by atoms with Crippen molar-refractivity contribution in [2.24, 2.45) is 5.92 Å². The number of ether oxygens (including phenoxy) is 1. The molecule has 1 aliphatic rings. The largest absolute Gasteiger partial charge is 0.444 e. The molecule has 0 aliphatic carbocycles. The number of likely N-dealkylation sites (tertiary alicyclic amines) is 1. The van der Waals surface area contributed by atoms with Crippen molar-refractivity contribution in [2.45, 2.75) is 45.8 Å². The molecule has 90 valence electrons. The Bertz CT molecular complexity index is 301. The van der Waals surface area contributed by atoms with E-state index in [9.17, 15) is 4.79 Å². The maximum absolute atomic E-state index is 11.8. The van der Waals surface area contributed by atoms with E-state index in [-0.39, 0.29) is 18.1 Å². The van der Waals surface area contributed by atoms with Crippen molar-refractivity contribution < 1.29 is 9.53 Å². The summed E-state index contributed by atoms with van der Waals surface area (Å²) in [5, 5.41) is 0. The quantitative estimate of drug-likeness (QED) is 0.592. The number of amides is 1. The molecule has 0 bridgehead atoms. The first-order valence-electron chi connectivity index (χ1n) is 5.68. The number of hydrogen-bond donors (Lipinski definition) is 0. The van der Waals surface area contributed by atoms with Crippen LogP contribution in [0.1, 0.15) is 34.1 Å². The van der Waals surface area contributed by atoms with Crippen molar-refractivity contribution in [1.82, 2.24) is 4.90 Å². The lowest BCUT2D eigenvalue weighted by molar-refractivity contribution is 0.0169. The summed E-state index contributed by atoms with van der Waals surface area (Å²) in [6, 6.07) is 0.0543. The third kappa shape index (κ3) is 3.41. The van der Waals surface area contributed by atoms with Crippen LogP contribution in [0.5, 0.6) is 0 Å². The fraction of sp³-hybridized carbons (Fsp3) is 0.833. The Balaban J connectivity index is 2.52. The van der Waals surface area contributed by atoms with Crippen LogP contribution in [0.2, 0.25) is 0 Å². The molecule has 0 aromatic rings. The zero-order valence-corrected chi connectivity index (χ0v) is 10.5. The Morgan fingerprint density at radius 1 is 1.50 bits per heavy atom. The summed E-state index contributed by atoms with van der Waals surface area (Å²) in [7, 11) is 0. The molecule has 1 aliphatic heterocycles. The van der Waals surface area contributed by atoms with Crippen LogP contribution < -0.4 is 0 Å². The summed E-state index contributed by atoms with van der Waals surface area (Å²) >= 11 is 0. The molecule has 1 fully saturated rings. The average Bonchev–Trinajstić information content (AvgIpc) is 2.15. The molecule has 0 N–H and O–H groups in total. The van der Waals surface area contributed by atoms with Crippen LogP contribution in [0.25, 0.3) is 4.85 Å². The molecule has 16 heavy (non-hydrogen) atoms. The molecule has 4 heteroatoms. The smallest absolute Gasteiger partial charge is 0.410 e. The summed E-state index contributed by atoms with van der Waals surface area (Å²) < 4.78 is 5.30. The van der Waals surface area contributed by atoms with Gasteiger partial charge in [-0.2, -0.15) is 0 Å². The number of hydrogen-bond acceptors (Lipinski definition) is 2. The predicted molar refractivity (Wildman–Crippen MR) is 62.0 cm³/mol. The fourth-order valence-electron chi connectivity index (χ4n) is 1.82. The SMILES string of the molecule is [C-]#[N+]C1CCN(C(=O)OC(C)(C)C)CC1C. The molecule has 0 spiro atoms. The van der Waals surface area contributed by atoms with Gasteiger partial charge in [-0.15, -0.1) is 0 Å². The second-order valence-electron chi connectivity index (χ2n) is 5.39. The second kappa shape index (κ2) is 4.73. The van der Waals surface area contributed by atoms with Gasteiger partial charge in [0.1, 0.15) is 5.60 Å². The van der Waals surface area contributed by atoms with Gasteiger partial charge < -0.3 is 14.5 Å². The van der Waals surface area contributed by atoms with E-state index in [4.69, 9.17) is 11.3 Å². The van der Waals surface area contributed by atoms with Gasteiger partial charge in [-0.05, 0) is 20.8 Å². The highest BCUT2D eigenvalue weighted by molar-refractivity contribution is 5.68. The molecule has 0 radical (unpaired) electrons. The molecular weight excluding hydrogens is 204 g/mol. The van der Waals surface area contributed by atoms with Crippen molar-refractivity contribution in [3.05, 3.63) is 11.4 Å². The van der Waals surface area contributed by atoms with E-state index in [0.717, 1.165) is 6.42 Å². The minimum Gasteiger partial charge on any atom is -0.444 e. The molecule has 1 rings (SSSR count). The molecule has 2 atom stereocenters. The lowest BCUT2D eigenvalue weighted by Crippen LogP contribution is -2.46. The summed E-state index contributed by atoms with van der Waals surface area (Å²) in [6.45, 7) is 15.9. The lowest BCUT2D eigenvalue weighted by Gasteiger charge is -2.33. The summed E-state index contributed by atoms with van der Waals surface area (Å²) in [5.74, 6) is 0.235. The van der Waals surface area contributed by atoms with Gasteiger partial charge in [0.05, 0.1) is 0 Å². The van der Waals surface area contributed by atoms with Crippen molar-refractivity contribution in [1.29, 1.82) is 0 Å². The topological polar surface area (TPSA) is 33.9 Å². The minimum absolute atomic E-state index is 0.0543. The van der Waals surface area contributed by atoms with Crippen LogP contribution >= 0.6 is 0 Å². The van der Waals surface area contributed by atoms with Crippen LogP contribution in [0.15, 0.2) is 0 Å². The van der Waals surface area contributed by atoms with Gasteiger partial charge in [0.25, 0.3) is 0 Å². The average molecular weight is 224 g/mol. The molecule has 0 saturated carbocycles. The first kappa shape index (κ1) is 12.8. The second-order valence-corrected chi connectivity index (χ2v) is 5.39. The Morgan fingerprint density at radius 3 is 2.56 bits per heavy atom. The van der Waals surface area contributed by atoms with Crippen LogP contribution in [0.4, 0.5) is 4.79 Å². The zero-order valence-electron chi connectivity index (χ0n) is 10.5. The van der Waals surface area contributed by atoms with Gasteiger partial charge in [-0.3, -0.25) is 0 Å². The van der Waals surface area contributed by atoms with Crippen LogP contribution in [0, 0.1) is 12.5 Å². The van der Waals surface area contributed by atoms with Crippen molar-refractivity contribution in [2.75, 3.05) is 13.1 Å². The van der Waals surface area contributed by atoms with Crippen LogP contribution in [0.3, 0.4) is 0 Å². The Kier molecular flexibility index (Phi) is 3.79. The maximum Gasteiger partial charge on any atom is 0.410 e. The predicted octanol–water partition coefficient (Wildman–Crippen LogP) is 2.55. The summed E-state index contributed by atoms with van der Waals surface area (Å²) in [5.41, 5.74) is -0.447. The van der Waals surface area contributed by atoms with E-state index in [1.807, 2.05) is 27.7 Å². The zero-order chi connectivity index (χ0) is 12.3. The monoisotopic (exact) mass is 224 g/mol. The third-order valence-electron chi connectivity index (χ3n) is 2.68. The van der Waals surface area contributed by atoms with Crippen LogP contribution in [-0.2, 0) is 4.74 Å². The van der Waals surface area contributed by atoms with E-state index in [2.05, 4.69) is 4.85 Å². The van der Waals surface area contributed by atoms with E-state index in [0.29, 0.717) is 13.1 Å². The molecule has 1 saturated heterocycles. The molecule has 1 heterocycles. The van der Waals surface area contributed by atoms with Crippen molar-refractivity contribution in [3.63, 3.8) is 0 Å². The number of piperidine rings is 1. The Hall–Kier alpha value is -1.24. The maximum atomic E-state index is 11.8. The first-order chi connectivity index (χ1) is 7.33. The van der Waals surface area contributed by atoms with Gasteiger partial charge in [-0.1, -0.05) is 6.92 Å². The fourth-order valence-corrected chi connectivity index (χ4v) is 1.82. The number of nitrogens with zero attached hydrogens (tertiary/aromatic N) is 2. The van der Waals surface area contributed by atoms with E-state index < -0.39 is 5.60 Å². The normalized spacial score (nSPS) is 26.1. The third-order valence-corrected chi connectivity index (χ3v) is 2.68. The van der Waals surface area contributed by atoms with Gasteiger partial charge in [0.15, 0.2) is 0 Å². The molecule has 2 unspecified atom stereocenters. The molecule has 4 nitrogen and oxygen atoms in total. The van der Waals surface area contributed by atoms with E-state index in [1.165, 1.54) is 0 Å². The Labute approximate surface area is 97.4 Å². The molecule has 0 aromatic heterocycles. The molecule has 0 aromatic carbocycles. The highest BCUT2D eigenvalue weighted by atomic mass is 16.6. The highest BCUT2D eigenvalue weighted by Crippen LogP contribution is 2.21. The van der Waals surface area contributed by atoms with Crippen molar-refractivity contribution in [3.8, 4) is 0 Å². The van der Waals surface area contributed by atoms with Crippen LogP contribution in [-0.4, -0.2) is 35.7 Å². The van der Waals surface area contributed by atoms with E-state index in [1.54, 1.807) is 4.90 Å². The Morgan fingerprint density at radius 2 is 2.12 bits per heavy atom. The molecule has 1 amide bonds. The van der Waals surface area contributed by atoms with Crippen molar-refractivity contribution >= 4 is 6.09 Å². The first-order valence-corrected chi connectivity index (χ1v) is 5.68. The van der Waals surface area contributed by atoms with Gasteiger partial charge in [-0.25, -0.2) is 11.4 Å². The molecular formula is C12H20N2O2. The number of carbonyl (C=O) groups excluding carboxylic acids is 1. The standard InChI is InChI=1S/C12H20N2O2/c1-9-8-14(7-6-10(9)13-5)11(15)16-12(2,3)4/h9-10H,6-8H2,1-4H3. The lowest BCUT2D eigenvalue weighted by atomic mass is 9.95. The van der Waals surface area contributed by atoms with Gasteiger partial charge >= 0.3 is 6.09 Å². The highest BCUT2D eigenvalue weighted by Gasteiger charge is 2.34. The minimum atomic E-state index is -0.447. The number of carbonyl (C=O) groups is 1. The summed E-state index contributed by atoms with van der Waals surface area (Å²) in [4.78, 5) is 17.1. The summed E-state index contributed by atoms with van der Waals surface area (Å²) in [6.07, 6.45) is 0.493. The van der Waals surface area contributed by atoms with E-state index >= 15 is 0 Å². The van der Waals surface area contributed by atoms with Gasteiger partial charge in [0, 0.05) is 25.4 Å². The number of rotatable bonds is 0. The van der Waals surface area contributed by atoms with Gasteiger partial charge in [0.2, 0.25) is 6.04 Å².